The van der Waals surface area contributed by atoms with Gasteiger partial charge in [-0.25, -0.2) is 9.97 Å². The summed E-state index contributed by atoms with van der Waals surface area (Å²) in [5.41, 5.74) is -0.880. The maximum atomic E-state index is 12.5. The van der Waals surface area contributed by atoms with Gasteiger partial charge in [0.15, 0.2) is 0 Å². The normalized spacial score (nSPS) is 16.8. The maximum absolute atomic E-state index is 12.5. The van der Waals surface area contributed by atoms with Gasteiger partial charge in [-0.05, 0) is 6.92 Å². The van der Waals surface area contributed by atoms with Crippen LogP contribution in [0.3, 0.4) is 0 Å². The zero-order valence-corrected chi connectivity index (χ0v) is 14.0. The molecule has 1 aliphatic rings. The van der Waals surface area contributed by atoms with Gasteiger partial charge in [-0.3, -0.25) is 4.79 Å². The number of nitrogens with zero attached hydrogens (tertiary/aromatic N) is 4. The summed E-state index contributed by atoms with van der Waals surface area (Å²) in [4.78, 5) is 23.1. The molecule has 0 unspecified atom stereocenters. The number of aromatic nitrogens is 2. The van der Waals surface area contributed by atoms with Crippen LogP contribution in [0.4, 0.5) is 19.1 Å². The Labute approximate surface area is 143 Å². The highest BCUT2D eigenvalue weighted by Crippen LogP contribution is 2.28. The summed E-state index contributed by atoms with van der Waals surface area (Å²) in [6.45, 7) is 4.48. The minimum atomic E-state index is -4.45. The van der Waals surface area contributed by atoms with E-state index in [9.17, 15) is 18.0 Å². The summed E-state index contributed by atoms with van der Waals surface area (Å²) in [5, 5.41) is 12.1. The molecule has 140 valence electrons. The first kappa shape index (κ1) is 19.4. The van der Waals surface area contributed by atoms with Crippen LogP contribution in [0.25, 0.3) is 0 Å². The van der Waals surface area contributed by atoms with E-state index < -0.39 is 17.8 Å². The van der Waals surface area contributed by atoms with E-state index >= 15 is 0 Å². The lowest BCUT2D eigenvalue weighted by Gasteiger charge is -2.34. The summed E-state index contributed by atoms with van der Waals surface area (Å²) in [7, 11) is 0. The second-order valence-corrected chi connectivity index (χ2v) is 5.94. The number of halogens is 3. The number of hydrogen-bond donors (Lipinski definition) is 2. The Hall–Kier alpha value is -1.94. The molecule has 0 aromatic carbocycles. The first-order valence-electron chi connectivity index (χ1n) is 8.08. The molecular formula is C15H22F3N5O2. The lowest BCUT2D eigenvalue weighted by Crippen LogP contribution is -2.49. The third-order valence-electron chi connectivity index (χ3n) is 3.84. The number of nitrogens with one attached hydrogen (secondary N) is 1. The number of carbonyl (C=O) groups is 1. The third kappa shape index (κ3) is 5.82. The molecule has 1 aromatic rings. The average molecular weight is 361 g/mol. The second-order valence-electron chi connectivity index (χ2n) is 5.94. The topological polar surface area (TPSA) is 81.6 Å². The van der Waals surface area contributed by atoms with E-state index in [1.165, 1.54) is 0 Å². The number of aliphatic hydroxyl groups excluding tert-OH is 1. The first-order valence-corrected chi connectivity index (χ1v) is 8.08. The fraction of sp³-hybridized carbons (Fsp3) is 0.667. The number of carbonyl (C=O) groups excluding carboxylic acids is 1. The van der Waals surface area contributed by atoms with E-state index in [0.717, 1.165) is 12.4 Å². The molecule has 2 N–H and O–H groups in total. The predicted octanol–water partition coefficient (Wildman–Crippen LogP) is 0.504. The molecule has 0 radical (unpaired) electrons. The van der Waals surface area contributed by atoms with Gasteiger partial charge in [0.05, 0.1) is 11.7 Å². The SMILES string of the molecule is C[C@H](O)CNCCC(=O)N1CCN(c2ncc(C(F)(F)F)cn2)CC1. The minimum absolute atomic E-state index is 0.00563. The van der Waals surface area contributed by atoms with Crippen LogP contribution in [0.5, 0.6) is 0 Å². The van der Waals surface area contributed by atoms with Crippen molar-refractivity contribution in [3.63, 3.8) is 0 Å². The monoisotopic (exact) mass is 361 g/mol. The van der Waals surface area contributed by atoms with Crippen molar-refractivity contribution in [2.24, 2.45) is 0 Å². The van der Waals surface area contributed by atoms with Crippen molar-refractivity contribution >= 4 is 11.9 Å². The van der Waals surface area contributed by atoms with Crippen molar-refractivity contribution < 1.29 is 23.1 Å². The Bertz CT molecular complexity index is 557. The summed E-state index contributed by atoms with van der Waals surface area (Å²) >= 11 is 0. The highest BCUT2D eigenvalue weighted by atomic mass is 19.4. The van der Waals surface area contributed by atoms with Gasteiger partial charge < -0.3 is 20.2 Å². The van der Waals surface area contributed by atoms with Gasteiger partial charge in [0.25, 0.3) is 0 Å². The van der Waals surface area contributed by atoms with Gasteiger partial charge in [0.2, 0.25) is 11.9 Å². The largest absolute Gasteiger partial charge is 0.419 e. The van der Waals surface area contributed by atoms with Crippen molar-refractivity contribution in [1.82, 2.24) is 20.2 Å². The van der Waals surface area contributed by atoms with Crippen molar-refractivity contribution in [2.75, 3.05) is 44.2 Å². The molecule has 2 heterocycles. The van der Waals surface area contributed by atoms with E-state index in [1.807, 2.05) is 0 Å². The number of anilines is 1. The molecule has 10 heteroatoms. The number of piperazine rings is 1. The van der Waals surface area contributed by atoms with Crippen LogP contribution >= 0.6 is 0 Å². The fourth-order valence-corrected chi connectivity index (χ4v) is 2.45. The van der Waals surface area contributed by atoms with E-state index in [-0.39, 0.29) is 11.9 Å². The quantitative estimate of drug-likeness (QED) is 0.719. The zero-order chi connectivity index (χ0) is 18.4. The van der Waals surface area contributed by atoms with E-state index in [0.29, 0.717) is 45.7 Å². The van der Waals surface area contributed by atoms with Gasteiger partial charge in [0, 0.05) is 58.1 Å². The maximum Gasteiger partial charge on any atom is 0.419 e. The van der Waals surface area contributed by atoms with Crippen LogP contribution < -0.4 is 10.2 Å². The standard InChI is InChI=1S/C15H22F3N5O2/c1-11(24)8-19-3-2-13(25)22-4-6-23(7-5-22)14-20-9-12(10-21-14)15(16,17)18/h9-11,19,24H,2-8H2,1H3/t11-/m0/s1. The summed E-state index contributed by atoms with van der Waals surface area (Å²) in [5.74, 6) is 0.241. The van der Waals surface area contributed by atoms with E-state index in [2.05, 4.69) is 15.3 Å². The number of aliphatic hydroxyl groups is 1. The number of alkyl halides is 3. The number of amides is 1. The van der Waals surface area contributed by atoms with E-state index in [1.54, 1.807) is 16.7 Å². The van der Waals surface area contributed by atoms with Gasteiger partial charge >= 0.3 is 6.18 Å². The van der Waals surface area contributed by atoms with Crippen LogP contribution in [0, 0.1) is 0 Å². The summed E-state index contributed by atoms with van der Waals surface area (Å²) in [6.07, 6.45) is -3.03. The Morgan fingerprint density at radius 3 is 2.40 bits per heavy atom. The molecule has 25 heavy (non-hydrogen) atoms. The minimum Gasteiger partial charge on any atom is -0.392 e. The highest BCUT2D eigenvalue weighted by molar-refractivity contribution is 5.76. The Kier molecular flexibility index (Phi) is 6.54. The first-order chi connectivity index (χ1) is 11.8. The predicted molar refractivity (Wildman–Crippen MR) is 85.0 cm³/mol. The molecule has 0 saturated carbocycles. The number of hydrogen-bond acceptors (Lipinski definition) is 6. The van der Waals surface area contributed by atoms with Crippen LogP contribution in [0.1, 0.15) is 18.9 Å². The lowest BCUT2D eigenvalue weighted by molar-refractivity contribution is -0.138. The van der Waals surface area contributed by atoms with Gasteiger partial charge in [0.1, 0.15) is 0 Å². The molecule has 1 aliphatic heterocycles. The lowest BCUT2D eigenvalue weighted by atomic mass is 10.2. The molecule has 0 aliphatic carbocycles. The Morgan fingerprint density at radius 2 is 1.88 bits per heavy atom. The molecule has 1 atom stereocenters. The zero-order valence-electron chi connectivity index (χ0n) is 14.0. The van der Waals surface area contributed by atoms with Crippen LogP contribution in [0.15, 0.2) is 12.4 Å². The highest BCUT2D eigenvalue weighted by Gasteiger charge is 2.32. The van der Waals surface area contributed by atoms with Crippen LogP contribution in [-0.2, 0) is 11.0 Å². The van der Waals surface area contributed by atoms with E-state index in [4.69, 9.17) is 5.11 Å². The summed E-state index contributed by atoms with van der Waals surface area (Å²) in [6, 6.07) is 0. The van der Waals surface area contributed by atoms with Crippen LogP contribution in [-0.4, -0.2) is 71.3 Å². The molecule has 2 rings (SSSR count). The summed E-state index contributed by atoms with van der Waals surface area (Å²) < 4.78 is 37.6. The Balaban J connectivity index is 1.78. The van der Waals surface area contributed by atoms with Gasteiger partial charge in [-0.15, -0.1) is 0 Å². The molecule has 1 aromatic heterocycles. The van der Waals surface area contributed by atoms with Crippen molar-refractivity contribution in [3.05, 3.63) is 18.0 Å². The molecule has 1 fully saturated rings. The van der Waals surface area contributed by atoms with Crippen molar-refractivity contribution in [1.29, 1.82) is 0 Å². The second kappa shape index (κ2) is 8.43. The molecule has 0 bridgehead atoms. The van der Waals surface area contributed by atoms with Crippen LogP contribution in [0.2, 0.25) is 0 Å². The molecule has 1 amide bonds. The van der Waals surface area contributed by atoms with Gasteiger partial charge in [-0.1, -0.05) is 0 Å². The molecular weight excluding hydrogens is 339 g/mol. The smallest absolute Gasteiger partial charge is 0.392 e. The fourth-order valence-electron chi connectivity index (χ4n) is 2.45. The number of rotatable bonds is 6. The van der Waals surface area contributed by atoms with Crippen molar-refractivity contribution in [3.8, 4) is 0 Å². The molecule has 1 saturated heterocycles. The molecule has 0 spiro atoms. The average Bonchev–Trinajstić information content (AvgIpc) is 2.58. The Morgan fingerprint density at radius 1 is 1.28 bits per heavy atom. The van der Waals surface area contributed by atoms with Gasteiger partial charge in [-0.2, -0.15) is 13.2 Å². The van der Waals surface area contributed by atoms with Crippen molar-refractivity contribution in [2.45, 2.75) is 25.6 Å². The third-order valence-corrected chi connectivity index (χ3v) is 3.84. The molecule has 7 nitrogen and oxygen atoms in total.